The summed E-state index contributed by atoms with van der Waals surface area (Å²) >= 11 is 0. The van der Waals surface area contributed by atoms with Crippen LogP contribution in [-0.4, -0.2) is 39.7 Å². The van der Waals surface area contributed by atoms with Gasteiger partial charge in [0.2, 0.25) is 11.7 Å². The van der Waals surface area contributed by atoms with E-state index in [0.29, 0.717) is 18.3 Å². The van der Waals surface area contributed by atoms with Gasteiger partial charge in [-0.15, -0.1) is 0 Å². The van der Waals surface area contributed by atoms with Gasteiger partial charge in [0.15, 0.2) is 0 Å². The van der Waals surface area contributed by atoms with E-state index < -0.39 is 0 Å². The van der Waals surface area contributed by atoms with Crippen LogP contribution in [-0.2, 0) is 13.1 Å². The van der Waals surface area contributed by atoms with E-state index in [1.54, 1.807) is 0 Å². The molecule has 29 heavy (non-hydrogen) atoms. The topological polar surface area (TPSA) is 58.3 Å². The van der Waals surface area contributed by atoms with Crippen LogP contribution in [0.2, 0.25) is 0 Å². The van der Waals surface area contributed by atoms with E-state index in [1.165, 1.54) is 18.4 Å². The minimum atomic E-state index is 0.599. The largest absolute Gasteiger partial charge is 0.356 e. The Balaban J connectivity index is 1.40. The van der Waals surface area contributed by atoms with Crippen molar-refractivity contribution >= 4 is 5.82 Å². The Hall–Kier alpha value is -2.73. The van der Waals surface area contributed by atoms with Gasteiger partial charge in [0.25, 0.3) is 0 Å². The Morgan fingerprint density at radius 1 is 1.14 bits per heavy atom. The number of hydrogen-bond acceptors (Lipinski definition) is 6. The molecular weight excluding hydrogens is 362 g/mol. The molecule has 4 rings (SSSR count). The van der Waals surface area contributed by atoms with Gasteiger partial charge in [0.05, 0.1) is 6.54 Å². The van der Waals surface area contributed by atoms with Gasteiger partial charge in [0.1, 0.15) is 5.82 Å². The number of pyridine rings is 1. The third-order valence-corrected chi connectivity index (χ3v) is 5.51. The summed E-state index contributed by atoms with van der Waals surface area (Å²) in [6, 6.07) is 14.5. The molecule has 1 aromatic carbocycles. The van der Waals surface area contributed by atoms with Gasteiger partial charge >= 0.3 is 0 Å². The number of hydrogen-bond donors (Lipinski definition) is 0. The monoisotopic (exact) mass is 391 g/mol. The lowest BCUT2D eigenvalue weighted by molar-refractivity contribution is 0.229. The predicted octanol–water partition coefficient (Wildman–Crippen LogP) is 4.39. The molecule has 2 aromatic heterocycles. The maximum Gasteiger partial charge on any atom is 0.241 e. The molecule has 1 unspecified atom stereocenters. The molecule has 1 fully saturated rings. The second kappa shape index (κ2) is 9.18. The molecule has 0 spiro atoms. The lowest BCUT2D eigenvalue weighted by Crippen LogP contribution is -2.34. The number of piperidine rings is 1. The van der Waals surface area contributed by atoms with Crippen LogP contribution in [0.3, 0.4) is 0 Å². The Morgan fingerprint density at radius 2 is 2.00 bits per heavy atom. The summed E-state index contributed by atoms with van der Waals surface area (Å²) in [6.45, 7) is 9.01. The van der Waals surface area contributed by atoms with E-state index in [-0.39, 0.29) is 0 Å². The van der Waals surface area contributed by atoms with Crippen molar-refractivity contribution in [1.29, 1.82) is 0 Å². The van der Waals surface area contributed by atoms with Crippen LogP contribution in [0.4, 0.5) is 5.82 Å². The molecule has 3 aromatic rings. The highest BCUT2D eigenvalue weighted by molar-refractivity contribution is 5.55. The van der Waals surface area contributed by atoms with Gasteiger partial charge in [-0.1, -0.05) is 49.3 Å². The standard InChI is InChI=1S/C23H29N5O/c1-3-27(16-19-9-5-4-6-10-19)17-22-25-23(26-29-22)20-11-12-21(24-14-20)28-13-7-8-18(2)15-28/h4-6,9-12,14,18H,3,7-8,13,15-17H2,1-2H3. The molecule has 1 aliphatic rings. The lowest BCUT2D eigenvalue weighted by atomic mass is 10.0. The zero-order valence-electron chi connectivity index (χ0n) is 17.3. The molecule has 1 atom stereocenters. The van der Waals surface area contributed by atoms with Crippen molar-refractivity contribution in [2.45, 2.75) is 39.8 Å². The third-order valence-electron chi connectivity index (χ3n) is 5.51. The summed E-state index contributed by atoms with van der Waals surface area (Å²) in [5.74, 6) is 2.99. The summed E-state index contributed by atoms with van der Waals surface area (Å²) in [6.07, 6.45) is 4.39. The highest BCUT2D eigenvalue weighted by Crippen LogP contribution is 2.23. The zero-order chi connectivity index (χ0) is 20.1. The highest BCUT2D eigenvalue weighted by Gasteiger charge is 2.18. The fourth-order valence-electron chi connectivity index (χ4n) is 3.85. The molecule has 0 amide bonds. The summed E-state index contributed by atoms with van der Waals surface area (Å²) in [4.78, 5) is 13.9. The smallest absolute Gasteiger partial charge is 0.241 e. The van der Waals surface area contributed by atoms with E-state index in [0.717, 1.165) is 43.5 Å². The van der Waals surface area contributed by atoms with Crippen LogP contribution in [0.25, 0.3) is 11.4 Å². The lowest BCUT2D eigenvalue weighted by Gasteiger charge is -2.31. The van der Waals surface area contributed by atoms with Gasteiger partial charge in [-0.05, 0) is 43.0 Å². The third kappa shape index (κ3) is 5.01. The molecule has 0 aliphatic carbocycles. The Kier molecular flexibility index (Phi) is 6.20. The Morgan fingerprint density at radius 3 is 2.72 bits per heavy atom. The van der Waals surface area contributed by atoms with Crippen LogP contribution in [0.15, 0.2) is 53.2 Å². The second-order valence-electron chi connectivity index (χ2n) is 7.90. The summed E-state index contributed by atoms with van der Waals surface area (Å²) in [5.41, 5.74) is 2.17. The van der Waals surface area contributed by atoms with Crippen LogP contribution in [0, 0.1) is 5.92 Å². The Labute approximate surface area is 172 Å². The van der Waals surface area contributed by atoms with Gasteiger partial charge in [-0.2, -0.15) is 4.98 Å². The SMILES string of the molecule is CCN(Cc1ccccc1)Cc1nc(-c2ccc(N3CCCC(C)C3)nc2)no1. The number of nitrogens with zero attached hydrogens (tertiary/aromatic N) is 5. The van der Waals surface area contributed by atoms with E-state index in [4.69, 9.17) is 4.52 Å². The highest BCUT2D eigenvalue weighted by atomic mass is 16.5. The van der Waals surface area contributed by atoms with Gasteiger partial charge in [-0.3, -0.25) is 4.90 Å². The van der Waals surface area contributed by atoms with Gasteiger partial charge < -0.3 is 9.42 Å². The maximum atomic E-state index is 5.51. The summed E-state index contributed by atoms with van der Waals surface area (Å²) in [7, 11) is 0. The quantitative estimate of drug-likeness (QED) is 0.595. The molecule has 6 heteroatoms. The molecular formula is C23H29N5O. The molecule has 0 N–H and O–H groups in total. The van der Waals surface area contributed by atoms with E-state index in [1.807, 2.05) is 18.3 Å². The second-order valence-corrected chi connectivity index (χ2v) is 7.90. The van der Waals surface area contributed by atoms with Gasteiger partial charge in [0, 0.05) is 31.4 Å². The van der Waals surface area contributed by atoms with E-state index in [2.05, 4.69) is 69.1 Å². The molecule has 1 saturated heterocycles. The molecule has 0 radical (unpaired) electrons. The van der Waals surface area contributed by atoms with Crippen LogP contribution >= 0.6 is 0 Å². The molecule has 3 heterocycles. The number of aromatic nitrogens is 3. The van der Waals surface area contributed by atoms with E-state index in [9.17, 15) is 0 Å². The first-order chi connectivity index (χ1) is 14.2. The van der Waals surface area contributed by atoms with Crippen LogP contribution < -0.4 is 4.90 Å². The first-order valence-corrected chi connectivity index (χ1v) is 10.5. The van der Waals surface area contributed by atoms with Crippen molar-refractivity contribution in [3.05, 3.63) is 60.1 Å². The zero-order valence-corrected chi connectivity index (χ0v) is 17.3. The normalized spacial score (nSPS) is 17.1. The van der Waals surface area contributed by atoms with E-state index >= 15 is 0 Å². The summed E-state index contributed by atoms with van der Waals surface area (Å²) < 4.78 is 5.51. The van der Waals surface area contributed by atoms with Gasteiger partial charge in [-0.25, -0.2) is 4.98 Å². The van der Waals surface area contributed by atoms with Crippen LogP contribution in [0.5, 0.6) is 0 Å². The number of benzene rings is 1. The number of anilines is 1. The minimum absolute atomic E-state index is 0.599. The minimum Gasteiger partial charge on any atom is -0.356 e. The molecule has 6 nitrogen and oxygen atoms in total. The molecule has 0 bridgehead atoms. The van der Waals surface area contributed by atoms with Crippen molar-refractivity contribution in [3.63, 3.8) is 0 Å². The maximum absolute atomic E-state index is 5.51. The first kappa shape index (κ1) is 19.6. The van der Waals surface area contributed by atoms with Crippen molar-refractivity contribution in [3.8, 4) is 11.4 Å². The van der Waals surface area contributed by atoms with Crippen molar-refractivity contribution in [2.75, 3.05) is 24.5 Å². The fourth-order valence-corrected chi connectivity index (χ4v) is 3.85. The average Bonchev–Trinajstić information content (AvgIpc) is 3.23. The molecule has 152 valence electrons. The summed E-state index contributed by atoms with van der Waals surface area (Å²) in [5, 5.41) is 4.17. The molecule has 0 saturated carbocycles. The fraction of sp³-hybridized carbons (Fsp3) is 0.435. The van der Waals surface area contributed by atoms with Crippen molar-refractivity contribution in [1.82, 2.24) is 20.0 Å². The first-order valence-electron chi connectivity index (χ1n) is 10.5. The number of rotatable bonds is 7. The van der Waals surface area contributed by atoms with Crippen molar-refractivity contribution < 1.29 is 4.52 Å². The van der Waals surface area contributed by atoms with Crippen LogP contribution in [0.1, 0.15) is 38.1 Å². The predicted molar refractivity (Wildman–Crippen MR) is 114 cm³/mol. The Bertz CT molecular complexity index is 893. The van der Waals surface area contributed by atoms with Crippen molar-refractivity contribution in [2.24, 2.45) is 5.92 Å². The average molecular weight is 392 g/mol. The molecule has 1 aliphatic heterocycles.